The Kier molecular flexibility index (Phi) is 4.27. The largest absolute Gasteiger partial charge is 0.443 e. The smallest absolute Gasteiger partial charge is 0.405 e. The van der Waals surface area contributed by atoms with E-state index >= 15 is 0 Å². The maximum atomic E-state index is 11.1. The first-order valence-electron chi connectivity index (χ1n) is 7.37. The minimum absolute atomic E-state index is 0.193. The molecule has 1 fully saturated rings. The zero-order valence-electron chi connectivity index (χ0n) is 13.2. The number of anilines is 1. The zero-order chi connectivity index (χ0) is 16.4. The van der Waals surface area contributed by atoms with Gasteiger partial charge in [0.15, 0.2) is 0 Å². The Morgan fingerprint density at radius 3 is 2.82 bits per heavy atom. The predicted octanol–water partition coefficient (Wildman–Crippen LogP) is 2.66. The van der Waals surface area contributed by atoms with E-state index in [9.17, 15) is 4.79 Å². The Morgan fingerprint density at radius 2 is 2.27 bits per heavy atom. The van der Waals surface area contributed by atoms with Gasteiger partial charge in [-0.15, -0.1) is 0 Å². The van der Waals surface area contributed by atoms with Crippen LogP contribution >= 0.6 is 0 Å². The molecule has 2 atom stereocenters. The van der Waals surface area contributed by atoms with Gasteiger partial charge in [0.05, 0.1) is 5.56 Å². The standard InChI is InChI=1S/C16H22N4O2/c1-15(2)12(6-7-16(15,3)22-14(18)21)10-20-13-5-4-11(8-17)9-19-13/h4-5,9,12H,6-7,10H2,1-3H3,(H2,18,21)(H,19,20). The van der Waals surface area contributed by atoms with E-state index in [0.717, 1.165) is 25.2 Å². The second kappa shape index (κ2) is 5.84. The molecule has 1 aromatic rings. The molecule has 2 rings (SSSR count). The number of pyridine rings is 1. The van der Waals surface area contributed by atoms with Crippen LogP contribution in [0.15, 0.2) is 18.3 Å². The molecule has 1 aliphatic rings. The quantitative estimate of drug-likeness (QED) is 0.890. The van der Waals surface area contributed by atoms with E-state index < -0.39 is 11.7 Å². The number of nitrogens with one attached hydrogen (secondary N) is 1. The second-order valence-electron chi connectivity index (χ2n) is 6.53. The van der Waals surface area contributed by atoms with E-state index in [1.807, 2.05) is 13.0 Å². The van der Waals surface area contributed by atoms with E-state index in [1.165, 1.54) is 0 Å². The van der Waals surface area contributed by atoms with E-state index in [-0.39, 0.29) is 5.41 Å². The lowest BCUT2D eigenvalue weighted by Crippen LogP contribution is -2.46. The molecule has 118 valence electrons. The topological polar surface area (TPSA) is 101 Å². The van der Waals surface area contributed by atoms with Crippen molar-refractivity contribution in [2.45, 2.75) is 39.2 Å². The molecular formula is C16H22N4O2. The van der Waals surface area contributed by atoms with Crippen LogP contribution in [-0.2, 0) is 4.74 Å². The highest BCUT2D eigenvalue weighted by Crippen LogP contribution is 2.52. The predicted molar refractivity (Wildman–Crippen MR) is 83.0 cm³/mol. The number of nitriles is 1. The van der Waals surface area contributed by atoms with Crippen molar-refractivity contribution >= 4 is 11.9 Å². The lowest BCUT2D eigenvalue weighted by Gasteiger charge is -2.40. The molecule has 0 saturated heterocycles. The van der Waals surface area contributed by atoms with Crippen molar-refractivity contribution in [3.63, 3.8) is 0 Å². The van der Waals surface area contributed by atoms with E-state index in [1.54, 1.807) is 18.3 Å². The Hall–Kier alpha value is -2.29. The van der Waals surface area contributed by atoms with E-state index in [2.05, 4.69) is 24.1 Å². The highest BCUT2D eigenvalue weighted by molar-refractivity contribution is 5.65. The summed E-state index contributed by atoms with van der Waals surface area (Å²) in [4.78, 5) is 15.3. The van der Waals surface area contributed by atoms with Crippen LogP contribution in [0.2, 0.25) is 0 Å². The number of hydrogen-bond donors (Lipinski definition) is 2. The molecule has 2 unspecified atom stereocenters. The van der Waals surface area contributed by atoms with E-state index in [0.29, 0.717) is 11.5 Å². The van der Waals surface area contributed by atoms with Gasteiger partial charge in [0.2, 0.25) is 0 Å². The van der Waals surface area contributed by atoms with Gasteiger partial charge in [0.25, 0.3) is 0 Å². The van der Waals surface area contributed by atoms with Gasteiger partial charge in [-0.3, -0.25) is 0 Å². The van der Waals surface area contributed by atoms with Crippen LogP contribution in [-0.4, -0.2) is 23.2 Å². The van der Waals surface area contributed by atoms with Crippen LogP contribution in [0.3, 0.4) is 0 Å². The van der Waals surface area contributed by atoms with Crippen LogP contribution in [0.4, 0.5) is 10.6 Å². The lowest BCUT2D eigenvalue weighted by molar-refractivity contribution is -0.0493. The Labute approximate surface area is 130 Å². The minimum atomic E-state index is -0.724. The van der Waals surface area contributed by atoms with Crippen molar-refractivity contribution in [1.29, 1.82) is 5.26 Å². The fourth-order valence-electron chi connectivity index (χ4n) is 3.12. The van der Waals surface area contributed by atoms with Crippen LogP contribution in [0.25, 0.3) is 0 Å². The molecule has 1 aliphatic carbocycles. The van der Waals surface area contributed by atoms with Crippen molar-refractivity contribution in [2.24, 2.45) is 17.1 Å². The molecule has 6 nitrogen and oxygen atoms in total. The molecule has 22 heavy (non-hydrogen) atoms. The Morgan fingerprint density at radius 1 is 1.55 bits per heavy atom. The lowest BCUT2D eigenvalue weighted by atomic mass is 9.73. The molecule has 1 aromatic heterocycles. The highest BCUT2D eigenvalue weighted by atomic mass is 16.6. The summed E-state index contributed by atoms with van der Waals surface area (Å²) in [5.74, 6) is 1.06. The molecular weight excluding hydrogens is 280 g/mol. The number of aromatic nitrogens is 1. The summed E-state index contributed by atoms with van der Waals surface area (Å²) in [6, 6.07) is 5.57. The van der Waals surface area contributed by atoms with Crippen LogP contribution in [0.1, 0.15) is 39.2 Å². The van der Waals surface area contributed by atoms with Gasteiger partial charge in [-0.05, 0) is 37.8 Å². The number of carbonyl (C=O) groups excluding carboxylic acids is 1. The summed E-state index contributed by atoms with van der Waals surface area (Å²) < 4.78 is 5.39. The number of primary amides is 1. The number of carbonyl (C=O) groups is 1. The molecule has 1 saturated carbocycles. The summed E-state index contributed by atoms with van der Waals surface area (Å²) in [5.41, 5.74) is 4.99. The first-order chi connectivity index (χ1) is 10.3. The normalized spacial score (nSPS) is 26.2. The fourth-order valence-corrected chi connectivity index (χ4v) is 3.12. The monoisotopic (exact) mass is 302 g/mol. The summed E-state index contributed by atoms with van der Waals surface area (Å²) in [7, 11) is 0. The van der Waals surface area contributed by atoms with Crippen LogP contribution in [0.5, 0.6) is 0 Å². The summed E-state index contributed by atoms with van der Waals surface area (Å²) in [5, 5.41) is 12.1. The van der Waals surface area contributed by atoms with Crippen LogP contribution < -0.4 is 11.1 Å². The molecule has 0 bridgehead atoms. The second-order valence-corrected chi connectivity index (χ2v) is 6.53. The van der Waals surface area contributed by atoms with Crippen molar-refractivity contribution < 1.29 is 9.53 Å². The number of nitrogens with two attached hydrogens (primary N) is 1. The Bertz CT molecular complexity index is 591. The van der Waals surface area contributed by atoms with Gasteiger partial charge < -0.3 is 15.8 Å². The van der Waals surface area contributed by atoms with Crippen molar-refractivity contribution in [3.8, 4) is 6.07 Å². The van der Waals surface area contributed by atoms with E-state index in [4.69, 9.17) is 15.7 Å². The third kappa shape index (κ3) is 2.98. The molecule has 1 heterocycles. The van der Waals surface area contributed by atoms with Gasteiger partial charge in [0, 0.05) is 18.2 Å². The molecule has 0 radical (unpaired) electrons. The molecule has 3 N–H and O–H groups in total. The third-order valence-corrected chi connectivity index (χ3v) is 5.10. The number of nitrogens with zero attached hydrogens (tertiary/aromatic N) is 2. The average molecular weight is 302 g/mol. The molecule has 1 amide bonds. The van der Waals surface area contributed by atoms with Gasteiger partial charge in [-0.2, -0.15) is 5.26 Å². The number of amides is 1. The first kappa shape index (κ1) is 16.1. The van der Waals surface area contributed by atoms with Crippen LogP contribution in [0, 0.1) is 22.7 Å². The molecule has 0 aliphatic heterocycles. The van der Waals surface area contributed by atoms with Crippen molar-refractivity contribution in [1.82, 2.24) is 4.98 Å². The number of hydrogen-bond acceptors (Lipinski definition) is 5. The summed E-state index contributed by atoms with van der Waals surface area (Å²) >= 11 is 0. The molecule has 6 heteroatoms. The SMILES string of the molecule is CC1(OC(N)=O)CCC(CNc2ccc(C#N)cn2)C1(C)C. The highest BCUT2D eigenvalue weighted by Gasteiger charge is 2.53. The fraction of sp³-hybridized carbons (Fsp3) is 0.562. The number of rotatable bonds is 4. The van der Waals surface area contributed by atoms with Gasteiger partial charge >= 0.3 is 6.09 Å². The van der Waals surface area contributed by atoms with Gasteiger partial charge in [-0.25, -0.2) is 9.78 Å². The van der Waals surface area contributed by atoms with Gasteiger partial charge in [-0.1, -0.05) is 13.8 Å². The van der Waals surface area contributed by atoms with Gasteiger partial charge in [0.1, 0.15) is 17.5 Å². The zero-order valence-corrected chi connectivity index (χ0v) is 13.2. The maximum absolute atomic E-state index is 11.1. The first-order valence-corrected chi connectivity index (χ1v) is 7.37. The van der Waals surface area contributed by atoms with Crippen molar-refractivity contribution in [2.75, 3.05) is 11.9 Å². The molecule has 0 spiro atoms. The maximum Gasteiger partial charge on any atom is 0.405 e. The number of ether oxygens (including phenoxy) is 1. The van der Waals surface area contributed by atoms with Crippen molar-refractivity contribution in [3.05, 3.63) is 23.9 Å². The minimum Gasteiger partial charge on any atom is -0.443 e. The Balaban J connectivity index is 2.01. The summed E-state index contributed by atoms with van der Waals surface area (Å²) in [6.07, 6.45) is 2.55. The average Bonchev–Trinajstić information content (AvgIpc) is 2.67. The summed E-state index contributed by atoms with van der Waals surface area (Å²) in [6.45, 7) is 6.87. The third-order valence-electron chi connectivity index (χ3n) is 5.10. The molecule has 0 aromatic carbocycles.